The van der Waals surface area contributed by atoms with Gasteiger partial charge >= 0.3 is 0 Å². The van der Waals surface area contributed by atoms with Gasteiger partial charge < -0.3 is 24.8 Å². The monoisotopic (exact) mass is 602 g/mol. The van der Waals surface area contributed by atoms with Crippen LogP contribution in [0.1, 0.15) is 40.1 Å². The summed E-state index contributed by atoms with van der Waals surface area (Å²) in [5.74, 6) is 1.71. The van der Waals surface area contributed by atoms with Crippen LogP contribution in [0.25, 0.3) is 0 Å². The lowest BCUT2D eigenvalue weighted by Crippen LogP contribution is -2.34. The first-order valence-electron chi connectivity index (χ1n) is 11.7. The van der Waals surface area contributed by atoms with Crippen molar-refractivity contribution in [2.75, 3.05) is 20.2 Å². The van der Waals surface area contributed by atoms with Crippen LogP contribution in [0.4, 0.5) is 0 Å². The molecule has 8 heteroatoms. The van der Waals surface area contributed by atoms with Crippen LogP contribution in [0.2, 0.25) is 0 Å². The minimum absolute atomic E-state index is 0.136. The fourth-order valence-corrected chi connectivity index (χ4v) is 3.93. The SMILES string of the molecule is COc1ccc(C(=O)NC[C@H](C)Oc2cccc(O[C@@H](C)CNC(=O)c3ccc(C)cc3)c2I)cc1. The number of carbonyl (C=O) groups excluding carboxylic acids is 2. The number of nitrogens with one attached hydrogen (secondary N) is 2. The molecule has 0 saturated carbocycles. The fourth-order valence-electron chi connectivity index (χ4n) is 3.31. The Morgan fingerprint density at radius 2 is 1.22 bits per heavy atom. The molecule has 0 aliphatic rings. The molecule has 0 fully saturated rings. The summed E-state index contributed by atoms with van der Waals surface area (Å²) in [7, 11) is 1.58. The molecule has 0 saturated heterocycles. The van der Waals surface area contributed by atoms with Gasteiger partial charge in [-0.15, -0.1) is 0 Å². The third-order valence-corrected chi connectivity index (χ3v) is 6.41. The Bertz CT molecular complexity index is 1170. The molecule has 36 heavy (non-hydrogen) atoms. The molecule has 0 aliphatic heterocycles. The van der Waals surface area contributed by atoms with Crippen LogP contribution in [0.3, 0.4) is 0 Å². The van der Waals surface area contributed by atoms with Gasteiger partial charge in [0.25, 0.3) is 11.8 Å². The Morgan fingerprint density at radius 3 is 1.67 bits per heavy atom. The van der Waals surface area contributed by atoms with E-state index in [0.717, 1.165) is 9.13 Å². The van der Waals surface area contributed by atoms with Gasteiger partial charge in [0.05, 0.1) is 23.8 Å². The second-order valence-electron chi connectivity index (χ2n) is 8.44. The highest BCUT2D eigenvalue weighted by molar-refractivity contribution is 14.1. The molecule has 3 rings (SSSR count). The normalized spacial score (nSPS) is 12.2. The molecule has 3 aromatic rings. The van der Waals surface area contributed by atoms with Crippen LogP contribution in [0.15, 0.2) is 66.7 Å². The first-order chi connectivity index (χ1) is 17.3. The number of benzene rings is 3. The molecule has 0 aromatic heterocycles. The van der Waals surface area contributed by atoms with E-state index in [-0.39, 0.29) is 24.0 Å². The maximum absolute atomic E-state index is 12.4. The number of ether oxygens (including phenoxy) is 3. The summed E-state index contributed by atoms with van der Waals surface area (Å²) in [4.78, 5) is 24.8. The summed E-state index contributed by atoms with van der Waals surface area (Å²) in [6.45, 7) is 6.48. The molecule has 2 N–H and O–H groups in total. The molecule has 2 amide bonds. The van der Waals surface area contributed by atoms with Crippen LogP contribution in [0.5, 0.6) is 17.2 Å². The second kappa shape index (κ2) is 13.2. The van der Waals surface area contributed by atoms with Gasteiger partial charge in [-0.2, -0.15) is 0 Å². The molecule has 0 heterocycles. The highest BCUT2D eigenvalue weighted by Gasteiger charge is 2.15. The Hall–Kier alpha value is -3.27. The van der Waals surface area contributed by atoms with E-state index in [1.807, 2.05) is 51.1 Å². The van der Waals surface area contributed by atoms with E-state index >= 15 is 0 Å². The van der Waals surface area contributed by atoms with E-state index in [9.17, 15) is 9.59 Å². The number of rotatable bonds is 11. The lowest BCUT2D eigenvalue weighted by molar-refractivity contribution is 0.0927. The van der Waals surface area contributed by atoms with E-state index < -0.39 is 0 Å². The van der Waals surface area contributed by atoms with Crippen molar-refractivity contribution in [2.45, 2.75) is 33.0 Å². The molecule has 190 valence electrons. The number of amides is 2. The summed E-state index contributed by atoms with van der Waals surface area (Å²) in [6.07, 6.45) is -0.508. The maximum atomic E-state index is 12.4. The Kier molecular flexibility index (Phi) is 9.98. The first kappa shape index (κ1) is 27.3. The van der Waals surface area contributed by atoms with E-state index in [4.69, 9.17) is 14.2 Å². The van der Waals surface area contributed by atoms with Crippen molar-refractivity contribution in [3.8, 4) is 17.2 Å². The number of carbonyl (C=O) groups is 2. The lowest BCUT2D eigenvalue weighted by atomic mass is 10.1. The van der Waals surface area contributed by atoms with Gasteiger partial charge in [0.15, 0.2) is 0 Å². The zero-order valence-electron chi connectivity index (χ0n) is 20.8. The predicted molar refractivity (Wildman–Crippen MR) is 148 cm³/mol. The highest BCUT2D eigenvalue weighted by atomic mass is 127. The third kappa shape index (κ3) is 7.87. The van der Waals surface area contributed by atoms with Crippen molar-refractivity contribution in [1.82, 2.24) is 10.6 Å². The van der Waals surface area contributed by atoms with Crippen molar-refractivity contribution in [1.29, 1.82) is 0 Å². The van der Waals surface area contributed by atoms with E-state index in [1.165, 1.54) is 0 Å². The van der Waals surface area contributed by atoms with Gasteiger partial charge in [-0.3, -0.25) is 9.59 Å². The summed E-state index contributed by atoms with van der Waals surface area (Å²) in [5, 5.41) is 5.79. The van der Waals surface area contributed by atoms with Crippen LogP contribution in [0, 0.1) is 10.5 Å². The van der Waals surface area contributed by atoms with E-state index in [1.54, 1.807) is 43.5 Å². The minimum Gasteiger partial charge on any atom is -0.497 e. The van der Waals surface area contributed by atoms with Gasteiger partial charge in [0, 0.05) is 11.1 Å². The maximum Gasteiger partial charge on any atom is 0.251 e. The van der Waals surface area contributed by atoms with Gasteiger partial charge in [0.2, 0.25) is 0 Å². The van der Waals surface area contributed by atoms with Crippen molar-refractivity contribution in [2.24, 2.45) is 0 Å². The van der Waals surface area contributed by atoms with Crippen LogP contribution >= 0.6 is 22.6 Å². The van der Waals surface area contributed by atoms with Gasteiger partial charge in [-0.05, 0) is 91.9 Å². The average molecular weight is 602 g/mol. The number of halogens is 1. The Balaban J connectivity index is 1.50. The molecule has 0 unspecified atom stereocenters. The topological polar surface area (TPSA) is 85.9 Å². The predicted octanol–water partition coefficient (Wildman–Crippen LogP) is 5.00. The zero-order valence-corrected chi connectivity index (χ0v) is 23.0. The summed E-state index contributed by atoms with van der Waals surface area (Å²) < 4.78 is 18.1. The molecule has 3 aromatic carbocycles. The van der Waals surface area contributed by atoms with Crippen LogP contribution in [-0.2, 0) is 0 Å². The number of aryl methyl sites for hydroxylation is 1. The van der Waals surface area contributed by atoms with E-state index in [0.29, 0.717) is 41.5 Å². The van der Waals surface area contributed by atoms with Gasteiger partial charge in [0.1, 0.15) is 29.5 Å². The lowest BCUT2D eigenvalue weighted by Gasteiger charge is -2.20. The van der Waals surface area contributed by atoms with Crippen LogP contribution < -0.4 is 24.8 Å². The van der Waals surface area contributed by atoms with E-state index in [2.05, 4.69) is 33.2 Å². The number of hydrogen-bond acceptors (Lipinski definition) is 5. The smallest absolute Gasteiger partial charge is 0.251 e. The molecule has 0 aliphatic carbocycles. The summed E-state index contributed by atoms with van der Waals surface area (Å²) >= 11 is 2.18. The molecule has 2 atom stereocenters. The Labute approximate surface area is 225 Å². The molecular formula is C28H31IN2O5. The van der Waals surface area contributed by atoms with Crippen LogP contribution in [-0.4, -0.2) is 44.2 Å². The summed E-state index contributed by atoms with van der Waals surface area (Å²) in [5.41, 5.74) is 2.27. The average Bonchev–Trinajstić information content (AvgIpc) is 2.88. The second-order valence-corrected chi connectivity index (χ2v) is 9.52. The summed E-state index contributed by atoms with van der Waals surface area (Å²) in [6, 6.07) is 19.9. The zero-order chi connectivity index (χ0) is 26.1. The quantitative estimate of drug-likeness (QED) is 0.302. The number of methoxy groups -OCH3 is 1. The fraction of sp³-hybridized carbons (Fsp3) is 0.286. The standard InChI is InChI=1S/C28H31IN2O5/c1-18-8-10-21(11-9-18)27(32)30-16-19(2)35-24-6-5-7-25(26(24)29)36-20(3)17-31-28(33)22-12-14-23(34-4)15-13-22/h5-15,19-20H,16-17H2,1-4H3,(H,30,32)(H,31,33)/t19-,20-/m0/s1. The Morgan fingerprint density at radius 1 is 0.778 bits per heavy atom. The van der Waals surface area contributed by atoms with Crippen molar-refractivity contribution in [3.63, 3.8) is 0 Å². The highest BCUT2D eigenvalue weighted by Crippen LogP contribution is 2.31. The van der Waals surface area contributed by atoms with Gasteiger partial charge in [-0.25, -0.2) is 0 Å². The molecular weight excluding hydrogens is 571 g/mol. The van der Waals surface area contributed by atoms with Crippen molar-refractivity contribution >= 4 is 34.4 Å². The number of hydrogen-bond donors (Lipinski definition) is 2. The molecule has 0 bridgehead atoms. The molecule has 7 nitrogen and oxygen atoms in total. The first-order valence-corrected chi connectivity index (χ1v) is 12.7. The largest absolute Gasteiger partial charge is 0.497 e. The molecule has 0 radical (unpaired) electrons. The van der Waals surface area contributed by atoms with Crippen molar-refractivity contribution in [3.05, 3.63) is 87.0 Å². The molecule has 0 spiro atoms. The van der Waals surface area contributed by atoms with Crippen molar-refractivity contribution < 1.29 is 23.8 Å². The third-order valence-electron chi connectivity index (χ3n) is 5.35. The van der Waals surface area contributed by atoms with Gasteiger partial charge in [-0.1, -0.05) is 23.8 Å². The minimum atomic E-state index is -0.262.